The zero-order chi connectivity index (χ0) is 15.2. The number of rotatable bonds is 5. The summed E-state index contributed by atoms with van der Waals surface area (Å²) in [6.45, 7) is 4.64. The Balaban J connectivity index is 1.88. The molecule has 0 bridgehead atoms. The monoisotopic (exact) mass is 308 g/mol. The van der Waals surface area contributed by atoms with Crippen molar-refractivity contribution < 1.29 is 13.9 Å². The van der Waals surface area contributed by atoms with Gasteiger partial charge in [0.1, 0.15) is 0 Å². The van der Waals surface area contributed by atoms with Gasteiger partial charge in [-0.3, -0.25) is 0 Å². The summed E-state index contributed by atoms with van der Waals surface area (Å²) in [4.78, 5) is 14.0. The van der Waals surface area contributed by atoms with Crippen molar-refractivity contribution >= 4 is 23.1 Å². The van der Waals surface area contributed by atoms with Crippen LogP contribution in [-0.4, -0.2) is 12.6 Å². The Kier molecular flexibility index (Phi) is 5.16. The van der Waals surface area contributed by atoms with E-state index < -0.39 is 5.82 Å². The van der Waals surface area contributed by atoms with Crippen molar-refractivity contribution in [2.24, 2.45) is 0 Å². The first-order valence-electron chi connectivity index (χ1n) is 6.61. The maximum atomic E-state index is 13.6. The van der Waals surface area contributed by atoms with Gasteiger partial charge in [-0.2, -0.15) is 0 Å². The molecular weight excluding hydrogens is 291 g/mol. The molecule has 4 nitrogen and oxygen atoms in total. The summed E-state index contributed by atoms with van der Waals surface area (Å²) in [6, 6.07) is 7.93. The molecule has 2 amide bonds. The second kappa shape index (κ2) is 7.08. The van der Waals surface area contributed by atoms with Gasteiger partial charge >= 0.3 is 6.03 Å². The fourth-order valence-electron chi connectivity index (χ4n) is 1.77. The highest BCUT2D eigenvalue weighted by molar-refractivity contribution is 7.11. The minimum atomic E-state index is -0.497. The number of halogens is 1. The normalized spacial score (nSPS) is 10.2. The molecule has 112 valence electrons. The van der Waals surface area contributed by atoms with Gasteiger partial charge in [-0.1, -0.05) is 0 Å². The lowest BCUT2D eigenvalue weighted by Crippen LogP contribution is -2.27. The number of anilines is 1. The molecule has 1 aromatic carbocycles. The number of ether oxygens (including phenoxy) is 1. The predicted molar refractivity (Wildman–Crippen MR) is 82.5 cm³/mol. The van der Waals surface area contributed by atoms with Crippen molar-refractivity contribution in [2.45, 2.75) is 20.4 Å². The van der Waals surface area contributed by atoms with Gasteiger partial charge in [0.2, 0.25) is 0 Å². The molecule has 1 aromatic heterocycles. The van der Waals surface area contributed by atoms with E-state index in [4.69, 9.17) is 4.74 Å². The third kappa shape index (κ3) is 4.46. The highest BCUT2D eigenvalue weighted by Gasteiger charge is 2.07. The number of amides is 2. The van der Waals surface area contributed by atoms with Crippen LogP contribution in [0.5, 0.6) is 5.75 Å². The van der Waals surface area contributed by atoms with Gasteiger partial charge < -0.3 is 15.4 Å². The van der Waals surface area contributed by atoms with Crippen molar-refractivity contribution in [3.05, 3.63) is 45.9 Å². The number of thiophene rings is 1. The maximum Gasteiger partial charge on any atom is 0.319 e. The first kappa shape index (κ1) is 15.3. The third-order valence-electron chi connectivity index (χ3n) is 2.71. The first-order valence-corrected chi connectivity index (χ1v) is 7.42. The van der Waals surface area contributed by atoms with E-state index >= 15 is 0 Å². The molecule has 2 N–H and O–H groups in total. The number of urea groups is 1. The molecule has 0 saturated carbocycles. The second-order valence-corrected chi connectivity index (χ2v) is 5.77. The van der Waals surface area contributed by atoms with Crippen LogP contribution in [0.15, 0.2) is 30.3 Å². The van der Waals surface area contributed by atoms with E-state index in [2.05, 4.69) is 10.6 Å². The van der Waals surface area contributed by atoms with Crippen LogP contribution in [0.3, 0.4) is 0 Å². The average molecular weight is 308 g/mol. The molecule has 0 fully saturated rings. The van der Waals surface area contributed by atoms with Gasteiger partial charge in [-0.15, -0.1) is 11.3 Å². The van der Waals surface area contributed by atoms with Crippen molar-refractivity contribution in [1.82, 2.24) is 5.32 Å². The van der Waals surface area contributed by atoms with E-state index in [-0.39, 0.29) is 11.8 Å². The van der Waals surface area contributed by atoms with Crippen LogP contribution in [0.25, 0.3) is 0 Å². The van der Waals surface area contributed by atoms with Crippen molar-refractivity contribution in [3.63, 3.8) is 0 Å². The molecule has 0 aliphatic heterocycles. The van der Waals surface area contributed by atoms with Crippen LogP contribution in [0.2, 0.25) is 0 Å². The van der Waals surface area contributed by atoms with Crippen LogP contribution < -0.4 is 15.4 Å². The topological polar surface area (TPSA) is 50.4 Å². The van der Waals surface area contributed by atoms with E-state index in [0.717, 1.165) is 4.88 Å². The van der Waals surface area contributed by atoms with Crippen LogP contribution in [0.1, 0.15) is 16.7 Å². The Labute approximate surface area is 126 Å². The number of carbonyl (C=O) groups excluding carboxylic acids is 1. The summed E-state index contributed by atoms with van der Waals surface area (Å²) in [5.74, 6) is -0.318. The number of aryl methyl sites for hydroxylation is 1. The van der Waals surface area contributed by atoms with Gasteiger partial charge in [0.15, 0.2) is 11.6 Å². The summed E-state index contributed by atoms with van der Waals surface area (Å²) in [5, 5.41) is 5.31. The number of hydrogen-bond acceptors (Lipinski definition) is 3. The van der Waals surface area contributed by atoms with Crippen molar-refractivity contribution in [2.75, 3.05) is 11.9 Å². The fraction of sp³-hybridized carbons (Fsp3) is 0.267. The molecule has 0 aliphatic carbocycles. The molecule has 0 aliphatic rings. The summed E-state index contributed by atoms with van der Waals surface area (Å²) in [6.07, 6.45) is 0. The number of benzene rings is 1. The van der Waals surface area contributed by atoms with E-state index in [9.17, 15) is 9.18 Å². The van der Waals surface area contributed by atoms with E-state index in [0.29, 0.717) is 18.8 Å². The molecule has 0 unspecified atom stereocenters. The van der Waals surface area contributed by atoms with Crippen LogP contribution in [0.4, 0.5) is 14.9 Å². The van der Waals surface area contributed by atoms with Crippen molar-refractivity contribution in [1.29, 1.82) is 0 Å². The molecule has 21 heavy (non-hydrogen) atoms. The minimum absolute atomic E-state index is 0.178. The van der Waals surface area contributed by atoms with Gasteiger partial charge in [0, 0.05) is 21.5 Å². The predicted octanol–water partition coefficient (Wildman–Crippen LogP) is 3.92. The molecule has 1 heterocycles. The molecule has 2 aromatic rings. The molecule has 0 saturated heterocycles. The van der Waals surface area contributed by atoms with Crippen LogP contribution in [0, 0.1) is 12.7 Å². The minimum Gasteiger partial charge on any atom is -0.491 e. The van der Waals surface area contributed by atoms with Gasteiger partial charge in [-0.05, 0) is 38.1 Å². The maximum absolute atomic E-state index is 13.6. The summed E-state index contributed by atoms with van der Waals surface area (Å²) in [5.41, 5.74) is 0.385. The number of carbonyl (C=O) groups is 1. The Morgan fingerprint density at radius 2 is 2.14 bits per heavy atom. The van der Waals surface area contributed by atoms with Crippen LogP contribution >= 0.6 is 11.3 Å². The average Bonchev–Trinajstić information content (AvgIpc) is 2.86. The first-order chi connectivity index (χ1) is 10.1. The highest BCUT2D eigenvalue weighted by Crippen LogP contribution is 2.21. The quantitative estimate of drug-likeness (QED) is 0.879. The van der Waals surface area contributed by atoms with E-state index in [1.807, 2.05) is 19.1 Å². The van der Waals surface area contributed by atoms with Gasteiger partial charge in [0.05, 0.1) is 13.2 Å². The fourth-order valence-corrected chi connectivity index (χ4v) is 2.60. The molecule has 0 radical (unpaired) electrons. The highest BCUT2D eigenvalue weighted by atomic mass is 32.1. The molecular formula is C15H17FN2O2S. The Morgan fingerprint density at radius 1 is 1.33 bits per heavy atom. The number of hydrogen-bond donors (Lipinski definition) is 2. The summed E-state index contributed by atoms with van der Waals surface area (Å²) >= 11 is 1.63. The van der Waals surface area contributed by atoms with Gasteiger partial charge in [-0.25, -0.2) is 9.18 Å². The summed E-state index contributed by atoms with van der Waals surface area (Å²) in [7, 11) is 0. The lowest BCUT2D eigenvalue weighted by atomic mass is 10.3. The molecule has 0 spiro atoms. The SMILES string of the molecule is CCOc1ccc(NC(=O)NCc2ccc(C)s2)cc1F. The van der Waals surface area contributed by atoms with Crippen molar-refractivity contribution in [3.8, 4) is 5.75 Å². The van der Waals surface area contributed by atoms with Gasteiger partial charge in [0.25, 0.3) is 0 Å². The largest absolute Gasteiger partial charge is 0.491 e. The lowest BCUT2D eigenvalue weighted by Gasteiger charge is -2.09. The number of nitrogens with one attached hydrogen (secondary N) is 2. The van der Waals surface area contributed by atoms with E-state index in [1.54, 1.807) is 24.3 Å². The smallest absolute Gasteiger partial charge is 0.319 e. The zero-order valence-electron chi connectivity index (χ0n) is 11.9. The van der Waals surface area contributed by atoms with Crippen LogP contribution in [-0.2, 0) is 6.54 Å². The Morgan fingerprint density at radius 3 is 2.76 bits per heavy atom. The lowest BCUT2D eigenvalue weighted by molar-refractivity contribution is 0.252. The molecule has 6 heteroatoms. The summed E-state index contributed by atoms with van der Waals surface area (Å²) < 4.78 is 18.7. The Hall–Kier alpha value is -2.08. The molecule has 2 rings (SSSR count). The standard InChI is InChI=1S/C15H17FN2O2S/c1-3-20-14-7-5-11(8-13(14)16)18-15(19)17-9-12-6-4-10(2)21-12/h4-8H,3,9H2,1-2H3,(H2,17,18,19). The van der Waals surface area contributed by atoms with E-state index in [1.165, 1.54) is 17.0 Å². The second-order valence-electron chi connectivity index (χ2n) is 4.40. The third-order valence-corrected chi connectivity index (χ3v) is 3.71. The Bertz CT molecular complexity index is 628. The zero-order valence-corrected chi connectivity index (χ0v) is 12.7. The molecule has 0 atom stereocenters.